The summed E-state index contributed by atoms with van der Waals surface area (Å²) in [6.07, 6.45) is 6.25. The number of carbonyl (C=O) groups excluding carboxylic acids is 3. The van der Waals surface area contributed by atoms with Crippen molar-refractivity contribution in [2.24, 2.45) is 56.2 Å². The molecule has 0 bridgehead atoms. The maximum Gasteiger partial charge on any atom is 0.309 e. The van der Waals surface area contributed by atoms with Crippen LogP contribution in [0, 0.1) is 56.2 Å². The first-order valence-corrected chi connectivity index (χ1v) is 22.3. The number of allylic oxidation sites excluding steroid dienone is 1. The summed E-state index contributed by atoms with van der Waals surface area (Å²) in [7, 11) is 3.95. The average Bonchev–Trinajstić information content (AvgIpc) is 3.44. The number of aliphatic hydroxyl groups is 1. The Bertz CT molecular complexity index is 1820. The van der Waals surface area contributed by atoms with Gasteiger partial charge in [-0.1, -0.05) is 65.6 Å². The summed E-state index contributed by atoms with van der Waals surface area (Å²) in [5, 5.41) is 22.9. The Hall–Kier alpha value is -2.75. The summed E-state index contributed by atoms with van der Waals surface area (Å²) >= 11 is 6.18. The van der Waals surface area contributed by atoms with Gasteiger partial charge in [0.1, 0.15) is 6.10 Å². The van der Waals surface area contributed by atoms with Crippen molar-refractivity contribution in [1.82, 2.24) is 9.80 Å². The first-order chi connectivity index (χ1) is 26.9. The number of benzene rings is 1. The molecule has 5 aliphatic rings. The molecule has 0 aromatic heterocycles. The highest BCUT2D eigenvalue weighted by molar-refractivity contribution is 6.30. The van der Waals surface area contributed by atoms with Gasteiger partial charge >= 0.3 is 11.9 Å². The van der Waals surface area contributed by atoms with Crippen LogP contribution in [0.2, 0.25) is 5.02 Å². The molecule has 2 N–H and O–H groups in total. The van der Waals surface area contributed by atoms with Gasteiger partial charge in [0.15, 0.2) is 5.78 Å². The van der Waals surface area contributed by atoms with E-state index < -0.39 is 28.9 Å². The Labute approximate surface area is 352 Å². The third kappa shape index (κ3) is 7.29. The van der Waals surface area contributed by atoms with Crippen LogP contribution in [0.25, 0.3) is 0 Å². The number of hydrogen-bond acceptors (Lipinski definition) is 7. The zero-order chi connectivity index (χ0) is 43.0. The van der Waals surface area contributed by atoms with Crippen LogP contribution in [0.4, 0.5) is 0 Å². The van der Waals surface area contributed by atoms with Crippen LogP contribution in [-0.4, -0.2) is 89.6 Å². The quantitative estimate of drug-likeness (QED) is 0.200. The van der Waals surface area contributed by atoms with Crippen molar-refractivity contribution in [2.45, 2.75) is 139 Å². The number of halogens is 1. The Morgan fingerprint density at radius 3 is 2.16 bits per heavy atom. The smallest absolute Gasteiger partial charge is 0.309 e. The summed E-state index contributed by atoms with van der Waals surface area (Å²) in [5.41, 5.74) is 0.320. The zero-order valence-electron chi connectivity index (χ0n) is 37.2. The number of ether oxygens (including phenoxy) is 1. The highest BCUT2D eigenvalue weighted by Crippen LogP contribution is 2.77. The molecule has 5 aliphatic carbocycles. The number of hydrogen-bond donors (Lipinski definition) is 2. The lowest BCUT2D eigenvalue weighted by Gasteiger charge is -2.72. The molecule has 1 amide bonds. The number of fused-ring (bicyclic) bond motifs is 7. The number of rotatable bonds is 12. The van der Waals surface area contributed by atoms with E-state index in [9.17, 15) is 29.4 Å². The van der Waals surface area contributed by atoms with E-state index in [0.29, 0.717) is 41.9 Å². The van der Waals surface area contributed by atoms with E-state index in [4.69, 9.17) is 16.3 Å². The summed E-state index contributed by atoms with van der Waals surface area (Å²) in [6, 6.07) is 6.92. The molecule has 4 saturated carbocycles. The van der Waals surface area contributed by atoms with Gasteiger partial charge in [-0.25, -0.2) is 0 Å². The molecule has 6 rings (SSSR count). The van der Waals surface area contributed by atoms with E-state index in [-0.39, 0.29) is 70.7 Å². The van der Waals surface area contributed by atoms with Crippen molar-refractivity contribution in [3.63, 3.8) is 0 Å². The third-order valence-corrected chi connectivity index (χ3v) is 17.3. The average molecular weight is 824 g/mol. The van der Waals surface area contributed by atoms with Crippen LogP contribution in [-0.2, 0) is 19.1 Å². The second-order valence-corrected chi connectivity index (χ2v) is 22.1. The van der Waals surface area contributed by atoms with Gasteiger partial charge in [0.05, 0.1) is 17.9 Å². The first kappa shape index (κ1) is 44.8. The van der Waals surface area contributed by atoms with E-state index >= 15 is 0 Å². The first-order valence-electron chi connectivity index (χ1n) is 21.9. The molecule has 1 aromatic carbocycles. The molecule has 0 radical (unpaired) electrons. The van der Waals surface area contributed by atoms with Crippen molar-refractivity contribution < 1.29 is 34.1 Å². The van der Waals surface area contributed by atoms with E-state index in [1.807, 2.05) is 19.0 Å². The van der Waals surface area contributed by atoms with Crippen molar-refractivity contribution in [2.75, 3.05) is 33.7 Å². The fourth-order valence-electron chi connectivity index (χ4n) is 13.7. The van der Waals surface area contributed by atoms with Crippen LogP contribution in [0.1, 0.15) is 137 Å². The normalized spacial score (nSPS) is 34.8. The maximum absolute atomic E-state index is 14.3. The molecule has 0 spiro atoms. The minimum Gasteiger partial charge on any atom is -0.481 e. The Morgan fingerprint density at radius 1 is 0.897 bits per heavy atom. The number of Topliss-reactive ketones (excluding diaryl/α,β-unsaturated/α-hetero) is 1. The second kappa shape index (κ2) is 15.6. The Morgan fingerprint density at radius 2 is 1.55 bits per heavy atom. The molecule has 9 atom stereocenters. The van der Waals surface area contributed by atoms with Gasteiger partial charge in [0, 0.05) is 47.5 Å². The van der Waals surface area contributed by atoms with Gasteiger partial charge in [-0.05, 0) is 149 Å². The predicted octanol–water partition coefficient (Wildman–Crippen LogP) is 9.10. The number of aliphatic hydroxyl groups excluding tert-OH is 1. The lowest BCUT2D eigenvalue weighted by molar-refractivity contribution is -0.235. The van der Waals surface area contributed by atoms with E-state index in [2.05, 4.69) is 48.5 Å². The van der Waals surface area contributed by atoms with Gasteiger partial charge in [0.2, 0.25) is 0 Å². The van der Waals surface area contributed by atoms with Crippen LogP contribution < -0.4 is 0 Å². The van der Waals surface area contributed by atoms with Crippen LogP contribution in [0.3, 0.4) is 0 Å². The topological polar surface area (TPSA) is 124 Å². The van der Waals surface area contributed by atoms with Crippen molar-refractivity contribution >= 4 is 35.2 Å². The second-order valence-electron chi connectivity index (χ2n) is 21.6. The minimum atomic E-state index is -1.19. The standard InChI is InChI=1S/C48H71ClN2O7/c1-29(2)39-33(52)26-48(36(53)28-51(25-24-50(10)11)41(55)30-12-14-31(49)15-13-30)23-22-46(8)32(40(39)48)16-17-35-45(7)20-19-37(58-38(54)27-43(3,4)42(56)57)44(5,6)34(45)18-21-47(35,46)9/h12-15,29,32,34-37,53H,16-28H2,1-11H3,(H,56,57)/t32-,34+,35-,36?,37+,45?,46-,47-,48+/m1/s1. The van der Waals surface area contributed by atoms with E-state index in [1.165, 1.54) is 5.57 Å². The lowest BCUT2D eigenvalue weighted by Crippen LogP contribution is -2.66. The fourth-order valence-corrected chi connectivity index (χ4v) is 13.8. The summed E-state index contributed by atoms with van der Waals surface area (Å²) in [6.45, 7) is 20.6. The molecule has 9 nitrogen and oxygen atoms in total. The van der Waals surface area contributed by atoms with Crippen LogP contribution >= 0.6 is 11.6 Å². The number of esters is 1. The summed E-state index contributed by atoms with van der Waals surface area (Å²) in [5.74, 6) is -0.515. The van der Waals surface area contributed by atoms with Crippen molar-refractivity contribution in [3.05, 3.63) is 46.0 Å². The number of carbonyl (C=O) groups is 4. The third-order valence-electron chi connectivity index (χ3n) is 17.1. The molecular formula is C48H71ClN2O7. The van der Waals surface area contributed by atoms with Crippen LogP contribution in [0.5, 0.6) is 0 Å². The lowest BCUT2D eigenvalue weighted by atomic mass is 9.33. The molecule has 0 aliphatic heterocycles. The van der Waals surface area contributed by atoms with Gasteiger partial charge in [-0.2, -0.15) is 0 Å². The highest BCUT2D eigenvalue weighted by atomic mass is 35.5. The van der Waals surface area contributed by atoms with E-state index in [0.717, 1.165) is 50.5 Å². The molecule has 58 heavy (non-hydrogen) atoms. The number of likely N-dealkylation sites (N-methyl/N-ethyl adjacent to an activating group) is 1. The van der Waals surface area contributed by atoms with Gasteiger partial charge in [-0.15, -0.1) is 0 Å². The summed E-state index contributed by atoms with van der Waals surface area (Å²) in [4.78, 5) is 57.1. The SMILES string of the molecule is CC(C)C1=C2[C@H]3CC[C@@H]4C5(C)CC[C@H](OC(=O)CC(C)(C)C(=O)O)C(C)(C)[C@@H]5CC[C@@]4(C)[C@]3(C)CC[C@@]2(C(O)CN(CCN(C)C)C(=O)c2ccc(Cl)cc2)CC1=O. The molecule has 0 heterocycles. The van der Waals surface area contributed by atoms with Gasteiger partial charge in [-0.3, -0.25) is 19.2 Å². The number of carboxylic acid groups (broad SMARTS) is 1. The monoisotopic (exact) mass is 822 g/mol. The molecule has 2 unspecified atom stereocenters. The van der Waals surface area contributed by atoms with Crippen molar-refractivity contribution in [1.29, 1.82) is 0 Å². The fraction of sp³-hybridized carbons (Fsp3) is 0.750. The van der Waals surface area contributed by atoms with E-state index in [1.54, 1.807) is 43.0 Å². The highest BCUT2D eigenvalue weighted by Gasteiger charge is 2.71. The van der Waals surface area contributed by atoms with Gasteiger partial charge < -0.3 is 24.7 Å². The largest absolute Gasteiger partial charge is 0.481 e. The van der Waals surface area contributed by atoms with Crippen molar-refractivity contribution in [3.8, 4) is 0 Å². The summed E-state index contributed by atoms with van der Waals surface area (Å²) < 4.78 is 6.18. The van der Waals surface area contributed by atoms with Gasteiger partial charge in [0.25, 0.3) is 5.91 Å². The van der Waals surface area contributed by atoms with Crippen LogP contribution in [0.15, 0.2) is 35.4 Å². The maximum atomic E-state index is 14.3. The number of carboxylic acids is 1. The Balaban J connectivity index is 1.30. The zero-order valence-corrected chi connectivity index (χ0v) is 37.9. The Kier molecular flexibility index (Phi) is 12.1. The number of ketones is 1. The molecule has 0 saturated heterocycles. The minimum absolute atomic E-state index is 0.0114. The molecule has 322 valence electrons. The number of aliphatic carboxylic acids is 1. The molecular weight excluding hydrogens is 752 g/mol. The predicted molar refractivity (Wildman–Crippen MR) is 227 cm³/mol. The molecule has 10 heteroatoms. The molecule has 1 aromatic rings. The molecule has 4 fully saturated rings. The number of nitrogens with zero attached hydrogens (tertiary/aromatic N) is 2. The number of amides is 1.